The van der Waals surface area contributed by atoms with Gasteiger partial charge in [0.1, 0.15) is 0 Å². The average molecular weight is 312 g/mol. The van der Waals surface area contributed by atoms with Gasteiger partial charge in [0.15, 0.2) is 0 Å². The Morgan fingerprint density at radius 1 is 1.29 bits per heavy atom. The smallest absolute Gasteiger partial charge is 0.748 e. The van der Waals surface area contributed by atoms with E-state index in [2.05, 4.69) is 0 Å². The summed E-state index contributed by atoms with van der Waals surface area (Å²) in [5.41, 5.74) is 0.167. The van der Waals surface area contributed by atoms with Crippen LogP contribution in [-0.2, 0) is 14.9 Å². The number of unbranched alkanes of at least 4 members (excludes halogenated alkanes) is 1. The molecule has 0 aliphatic rings. The summed E-state index contributed by atoms with van der Waals surface area (Å²) in [7, 11) is -4.20. The molecule has 5 nitrogen and oxygen atoms in total. The topological polar surface area (TPSA) is 97.3 Å². The predicted molar refractivity (Wildman–Crippen MR) is 51.8 cm³/mol. The summed E-state index contributed by atoms with van der Waals surface area (Å²) in [6, 6.07) is 0. The summed E-state index contributed by atoms with van der Waals surface area (Å²) in [5.74, 6) is -1.70. The number of carboxylic acid groups (broad SMARTS) is 1. The molecule has 0 aliphatic carbocycles. The fraction of sp³-hybridized carbons (Fsp3) is 0.667. The quantitative estimate of drug-likeness (QED) is 0.202. The molecule has 0 aliphatic heterocycles. The first kappa shape index (κ1) is 24.4. The summed E-state index contributed by atoms with van der Waals surface area (Å²) < 4.78 is 30.7. The predicted octanol–water partition coefficient (Wildman–Crippen LogP) is -6.20. The van der Waals surface area contributed by atoms with Crippen molar-refractivity contribution in [3.63, 3.8) is 0 Å². The van der Waals surface area contributed by atoms with E-state index in [0.29, 0.717) is 12.8 Å². The minimum Gasteiger partial charge on any atom is -0.748 e. The number of carboxylic acids is 1. The molecule has 0 spiro atoms. The van der Waals surface area contributed by atoms with Crippen molar-refractivity contribution < 1.29 is 126 Å². The Labute approximate surface area is 187 Å². The van der Waals surface area contributed by atoms with Gasteiger partial charge >= 0.3 is 103 Å². The first-order valence-corrected chi connectivity index (χ1v) is 6.28. The monoisotopic (exact) mass is 312 g/mol. The molecule has 0 unspecified atom stereocenters. The zero-order valence-corrected chi connectivity index (χ0v) is 17.6. The number of hydrogen-bond donors (Lipinski definition) is 0. The summed E-state index contributed by atoms with van der Waals surface area (Å²) in [5, 5.41) is 10.5. The number of hydrogen-bond acceptors (Lipinski definition) is 5. The largest absolute Gasteiger partial charge is 1.00 e. The molecule has 0 saturated carbocycles. The van der Waals surface area contributed by atoms with Gasteiger partial charge in [0.25, 0.3) is 0 Å². The second-order valence-corrected chi connectivity index (χ2v) is 4.69. The van der Waals surface area contributed by atoms with Crippen molar-refractivity contribution in [1.82, 2.24) is 0 Å². The molecule has 0 N–H and O–H groups in total. The van der Waals surface area contributed by atoms with E-state index < -0.39 is 21.8 Å². The van der Waals surface area contributed by atoms with Crippen LogP contribution in [0.5, 0.6) is 0 Å². The van der Waals surface area contributed by atoms with Gasteiger partial charge < -0.3 is 14.5 Å². The number of rotatable bonds is 7. The van der Waals surface area contributed by atoms with Crippen LogP contribution in [0.2, 0.25) is 0 Å². The SMILES string of the molecule is CCCC(=CCCCS(=O)(=O)[O-])C(=O)[O-].[K+].[K+]. The third-order valence-corrected chi connectivity index (χ3v) is 2.56. The fourth-order valence-corrected chi connectivity index (χ4v) is 1.61. The van der Waals surface area contributed by atoms with Gasteiger partial charge in [-0.2, -0.15) is 0 Å². The van der Waals surface area contributed by atoms with Crippen LogP contribution in [-0.4, -0.2) is 24.7 Å². The standard InChI is InChI=1S/C9H16O5S.2K/c1-2-5-8(9(10)11)6-3-4-7-15(12,13)14;;/h6H,2-5,7H2,1H3,(H,10,11)(H,12,13,14);;/q;2*+1/p-2. The van der Waals surface area contributed by atoms with Crippen molar-refractivity contribution in [3.05, 3.63) is 11.6 Å². The van der Waals surface area contributed by atoms with E-state index in [1.54, 1.807) is 0 Å². The maximum Gasteiger partial charge on any atom is 1.00 e. The Balaban J connectivity index is -0.000000980. The summed E-state index contributed by atoms with van der Waals surface area (Å²) >= 11 is 0. The molecule has 0 fully saturated rings. The first-order valence-electron chi connectivity index (χ1n) is 4.70. The Morgan fingerprint density at radius 2 is 1.82 bits per heavy atom. The third kappa shape index (κ3) is 16.3. The first-order chi connectivity index (χ1) is 6.87. The van der Waals surface area contributed by atoms with Crippen LogP contribution in [0.3, 0.4) is 0 Å². The van der Waals surface area contributed by atoms with Crippen LogP contribution < -0.4 is 108 Å². The Bertz CT molecular complexity index is 337. The minimum absolute atomic E-state index is 0. The number of carbonyl (C=O) groups is 1. The molecule has 8 heteroatoms. The second-order valence-electron chi connectivity index (χ2n) is 3.17. The molecule has 88 valence electrons. The van der Waals surface area contributed by atoms with Crippen LogP contribution in [0.15, 0.2) is 11.6 Å². The van der Waals surface area contributed by atoms with Gasteiger partial charge in [0.05, 0.1) is 16.1 Å². The number of carbonyl (C=O) groups excluding carboxylic acids is 1. The van der Waals surface area contributed by atoms with Crippen LogP contribution in [0.4, 0.5) is 0 Å². The summed E-state index contributed by atoms with van der Waals surface area (Å²) in [4.78, 5) is 10.5. The van der Waals surface area contributed by atoms with E-state index in [9.17, 15) is 22.9 Å². The summed E-state index contributed by atoms with van der Waals surface area (Å²) in [6.07, 6.45) is 2.91. The van der Waals surface area contributed by atoms with Gasteiger partial charge in [-0.1, -0.05) is 19.4 Å². The molecule has 0 heterocycles. The van der Waals surface area contributed by atoms with Crippen LogP contribution >= 0.6 is 0 Å². The molecule has 0 aromatic carbocycles. The minimum atomic E-state index is -4.20. The zero-order valence-electron chi connectivity index (χ0n) is 10.6. The molecule has 0 saturated heterocycles. The molecule has 0 rings (SSSR count). The fourth-order valence-electron chi connectivity index (χ4n) is 1.09. The van der Waals surface area contributed by atoms with Crippen molar-refractivity contribution >= 4 is 16.1 Å². The van der Waals surface area contributed by atoms with Crippen LogP contribution in [0.25, 0.3) is 0 Å². The molecular formula is C9H14K2O5S. The third-order valence-electron chi connectivity index (χ3n) is 1.77. The van der Waals surface area contributed by atoms with Gasteiger partial charge in [-0.15, -0.1) is 0 Å². The Hall–Kier alpha value is 2.39. The van der Waals surface area contributed by atoms with Crippen molar-refractivity contribution in [2.24, 2.45) is 0 Å². The van der Waals surface area contributed by atoms with Gasteiger partial charge in [-0.25, -0.2) is 8.42 Å². The van der Waals surface area contributed by atoms with Gasteiger partial charge in [0.2, 0.25) is 0 Å². The van der Waals surface area contributed by atoms with Crippen molar-refractivity contribution in [2.45, 2.75) is 32.6 Å². The number of aliphatic carboxylic acids is 1. The van der Waals surface area contributed by atoms with E-state index >= 15 is 0 Å². The Kier molecular flexibility index (Phi) is 19.2. The van der Waals surface area contributed by atoms with E-state index in [1.807, 2.05) is 6.92 Å². The molecule has 0 atom stereocenters. The number of allylic oxidation sites excluding steroid dienone is 1. The van der Waals surface area contributed by atoms with Crippen molar-refractivity contribution in [2.75, 3.05) is 5.75 Å². The molecular weight excluding hydrogens is 298 g/mol. The molecule has 0 bridgehead atoms. The van der Waals surface area contributed by atoms with Gasteiger partial charge in [-0.05, 0) is 24.8 Å². The van der Waals surface area contributed by atoms with Gasteiger partial charge in [-0.3, -0.25) is 0 Å². The molecule has 0 radical (unpaired) electrons. The average Bonchev–Trinajstić information content (AvgIpc) is 2.08. The maximum atomic E-state index is 10.5. The second kappa shape index (κ2) is 13.4. The summed E-state index contributed by atoms with van der Waals surface area (Å²) in [6.45, 7) is 1.83. The molecule has 0 amide bonds. The maximum absolute atomic E-state index is 10.5. The van der Waals surface area contributed by atoms with E-state index in [-0.39, 0.29) is 121 Å². The van der Waals surface area contributed by atoms with Crippen LogP contribution in [0.1, 0.15) is 32.6 Å². The molecule has 0 aromatic heterocycles. The molecule has 0 aromatic rings. The zero-order chi connectivity index (χ0) is 11.9. The van der Waals surface area contributed by atoms with Crippen LogP contribution in [0, 0.1) is 0 Å². The van der Waals surface area contributed by atoms with E-state index in [1.165, 1.54) is 6.08 Å². The normalized spacial score (nSPS) is 11.3. The van der Waals surface area contributed by atoms with E-state index in [0.717, 1.165) is 0 Å². The van der Waals surface area contributed by atoms with Crippen molar-refractivity contribution in [3.8, 4) is 0 Å². The Morgan fingerprint density at radius 3 is 2.18 bits per heavy atom. The van der Waals surface area contributed by atoms with Gasteiger partial charge in [0, 0.05) is 5.75 Å². The van der Waals surface area contributed by atoms with E-state index in [4.69, 9.17) is 0 Å². The molecule has 17 heavy (non-hydrogen) atoms. The van der Waals surface area contributed by atoms with Crippen molar-refractivity contribution in [1.29, 1.82) is 0 Å².